The van der Waals surface area contributed by atoms with Crippen molar-refractivity contribution in [1.29, 1.82) is 0 Å². The summed E-state index contributed by atoms with van der Waals surface area (Å²) in [5, 5.41) is 2.78. The minimum absolute atomic E-state index is 0.0841. The molecule has 0 saturated heterocycles. The SMILES string of the molecule is Nc1ncnc(NCCc2nc3cccc(F)c3c(=O)n2-c2cc(F)cc(F)c2)c1C#Cc1cnccn1. The van der Waals surface area contributed by atoms with Gasteiger partial charge in [-0.15, -0.1) is 0 Å². The van der Waals surface area contributed by atoms with Crippen LogP contribution in [0.5, 0.6) is 0 Å². The summed E-state index contributed by atoms with van der Waals surface area (Å²) in [4.78, 5) is 33.9. The molecule has 5 aromatic rings. The Kier molecular flexibility index (Phi) is 6.65. The minimum Gasteiger partial charge on any atom is -0.382 e. The lowest BCUT2D eigenvalue weighted by atomic mass is 10.2. The van der Waals surface area contributed by atoms with E-state index in [0.29, 0.717) is 23.1 Å². The molecule has 2 aromatic carbocycles. The van der Waals surface area contributed by atoms with Gasteiger partial charge in [0.15, 0.2) is 0 Å². The fourth-order valence-corrected chi connectivity index (χ4v) is 3.78. The quantitative estimate of drug-likeness (QED) is 0.343. The molecule has 0 saturated carbocycles. The van der Waals surface area contributed by atoms with E-state index in [1.165, 1.54) is 37.1 Å². The number of nitrogens with two attached hydrogens (primary N) is 1. The van der Waals surface area contributed by atoms with Gasteiger partial charge in [0.1, 0.15) is 57.9 Å². The monoisotopic (exact) mass is 514 g/mol. The van der Waals surface area contributed by atoms with Crippen molar-refractivity contribution in [1.82, 2.24) is 29.5 Å². The molecule has 0 unspecified atom stereocenters. The number of rotatable bonds is 5. The van der Waals surface area contributed by atoms with Crippen molar-refractivity contribution in [2.75, 3.05) is 17.6 Å². The zero-order chi connectivity index (χ0) is 26.6. The van der Waals surface area contributed by atoms with Gasteiger partial charge in [-0.05, 0) is 30.2 Å². The first-order valence-corrected chi connectivity index (χ1v) is 11.2. The van der Waals surface area contributed by atoms with E-state index < -0.39 is 23.0 Å². The smallest absolute Gasteiger partial charge is 0.268 e. The molecule has 5 rings (SSSR count). The average molecular weight is 514 g/mol. The Morgan fingerprint density at radius 2 is 1.82 bits per heavy atom. The number of halogens is 3. The van der Waals surface area contributed by atoms with E-state index in [2.05, 4.69) is 42.1 Å². The van der Waals surface area contributed by atoms with Crippen LogP contribution in [-0.4, -0.2) is 36.0 Å². The highest BCUT2D eigenvalue weighted by Crippen LogP contribution is 2.19. The van der Waals surface area contributed by atoms with Crippen molar-refractivity contribution in [3.05, 3.63) is 106 Å². The van der Waals surface area contributed by atoms with E-state index in [0.717, 1.165) is 22.8 Å². The van der Waals surface area contributed by atoms with E-state index in [1.807, 2.05) is 0 Å². The van der Waals surface area contributed by atoms with Crippen LogP contribution in [0.3, 0.4) is 0 Å². The topological polar surface area (TPSA) is 124 Å². The molecule has 0 bridgehead atoms. The number of nitrogens with one attached hydrogen (secondary N) is 1. The van der Waals surface area contributed by atoms with Crippen LogP contribution >= 0.6 is 0 Å². The first kappa shape index (κ1) is 24.4. The number of fused-ring (bicyclic) bond motifs is 1. The summed E-state index contributed by atoms with van der Waals surface area (Å²) < 4.78 is 43.5. The third-order valence-corrected chi connectivity index (χ3v) is 5.42. The maximum absolute atomic E-state index is 14.5. The van der Waals surface area contributed by atoms with Crippen molar-refractivity contribution < 1.29 is 13.2 Å². The Bertz CT molecular complexity index is 1760. The van der Waals surface area contributed by atoms with Crippen LogP contribution in [0.25, 0.3) is 16.6 Å². The van der Waals surface area contributed by atoms with Crippen molar-refractivity contribution >= 4 is 22.5 Å². The highest BCUT2D eigenvalue weighted by Gasteiger charge is 2.17. The van der Waals surface area contributed by atoms with Crippen LogP contribution in [0.2, 0.25) is 0 Å². The summed E-state index contributed by atoms with van der Waals surface area (Å²) >= 11 is 0. The Morgan fingerprint density at radius 1 is 1.00 bits per heavy atom. The van der Waals surface area contributed by atoms with Gasteiger partial charge in [-0.2, -0.15) is 0 Å². The molecule has 38 heavy (non-hydrogen) atoms. The van der Waals surface area contributed by atoms with E-state index in [4.69, 9.17) is 5.73 Å². The van der Waals surface area contributed by atoms with E-state index >= 15 is 0 Å². The second-order valence-corrected chi connectivity index (χ2v) is 7.93. The molecule has 0 fully saturated rings. The second kappa shape index (κ2) is 10.4. The number of hydrogen-bond acceptors (Lipinski definition) is 8. The van der Waals surface area contributed by atoms with Gasteiger partial charge in [-0.3, -0.25) is 14.3 Å². The number of benzene rings is 2. The lowest BCUT2D eigenvalue weighted by Gasteiger charge is -2.15. The third-order valence-electron chi connectivity index (χ3n) is 5.42. The fraction of sp³-hybridized carbons (Fsp3) is 0.0769. The predicted octanol–water partition coefficient (Wildman–Crippen LogP) is 3.02. The van der Waals surface area contributed by atoms with Crippen LogP contribution in [0.15, 0.2) is 66.1 Å². The molecule has 0 spiro atoms. The zero-order valence-electron chi connectivity index (χ0n) is 19.5. The molecule has 0 atom stereocenters. The van der Waals surface area contributed by atoms with Gasteiger partial charge >= 0.3 is 0 Å². The Labute approximate surface area is 213 Å². The lowest BCUT2D eigenvalue weighted by molar-refractivity contribution is 0.580. The molecule has 3 aromatic heterocycles. The fourth-order valence-electron chi connectivity index (χ4n) is 3.78. The highest BCUT2D eigenvalue weighted by atomic mass is 19.1. The van der Waals surface area contributed by atoms with Crippen LogP contribution in [0, 0.1) is 29.3 Å². The average Bonchev–Trinajstić information content (AvgIpc) is 2.88. The first-order valence-electron chi connectivity index (χ1n) is 11.2. The van der Waals surface area contributed by atoms with Gasteiger partial charge in [0.2, 0.25) is 0 Å². The van der Waals surface area contributed by atoms with Gasteiger partial charge in [-0.25, -0.2) is 33.1 Å². The number of hydrogen-bond donors (Lipinski definition) is 2. The summed E-state index contributed by atoms with van der Waals surface area (Å²) in [5.74, 6) is 3.71. The summed E-state index contributed by atoms with van der Waals surface area (Å²) in [6, 6.07) is 6.64. The van der Waals surface area contributed by atoms with Crippen molar-refractivity contribution in [2.45, 2.75) is 6.42 Å². The highest BCUT2D eigenvalue weighted by molar-refractivity contribution is 5.78. The lowest BCUT2D eigenvalue weighted by Crippen LogP contribution is -2.26. The molecule has 3 heterocycles. The van der Waals surface area contributed by atoms with E-state index in [-0.39, 0.29) is 41.2 Å². The molecule has 3 N–H and O–H groups in total. The van der Waals surface area contributed by atoms with Crippen molar-refractivity contribution in [3.63, 3.8) is 0 Å². The zero-order valence-corrected chi connectivity index (χ0v) is 19.5. The largest absolute Gasteiger partial charge is 0.382 e. The Balaban J connectivity index is 1.50. The number of nitrogen functional groups attached to an aromatic ring is 1. The predicted molar refractivity (Wildman–Crippen MR) is 134 cm³/mol. The van der Waals surface area contributed by atoms with Gasteiger partial charge in [0.25, 0.3) is 5.56 Å². The van der Waals surface area contributed by atoms with Gasteiger partial charge in [0.05, 0.1) is 17.4 Å². The summed E-state index contributed by atoms with van der Waals surface area (Å²) in [7, 11) is 0. The molecule has 9 nitrogen and oxygen atoms in total. The third kappa shape index (κ3) is 4.98. The van der Waals surface area contributed by atoms with Gasteiger partial charge in [-0.1, -0.05) is 12.0 Å². The van der Waals surface area contributed by atoms with Crippen LogP contribution in [-0.2, 0) is 6.42 Å². The van der Waals surface area contributed by atoms with Gasteiger partial charge in [0, 0.05) is 31.4 Å². The molecular formula is C26H17F3N8O. The molecule has 188 valence electrons. The summed E-state index contributed by atoms with van der Waals surface area (Å²) in [6.07, 6.45) is 5.85. The molecule has 0 aliphatic rings. The van der Waals surface area contributed by atoms with Crippen molar-refractivity contribution in [2.24, 2.45) is 0 Å². The van der Waals surface area contributed by atoms with E-state index in [9.17, 15) is 18.0 Å². The van der Waals surface area contributed by atoms with Gasteiger partial charge < -0.3 is 11.1 Å². The van der Waals surface area contributed by atoms with Crippen LogP contribution in [0.4, 0.5) is 24.8 Å². The molecule has 0 aliphatic carbocycles. The number of nitrogens with zero attached hydrogens (tertiary/aromatic N) is 6. The van der Waals surface area contributed by atoms with Crippen LogP contribution in [0.1, 0.15) is 17.1 Å². The normalized spacial score (nSPS) is 10.7. The number of anilines is 2. The second-order valence-electron chi connectivity index (χ2n) is 7.93. The summed E-state index contributed by atoms with van der Waals surface area (Å²) in [6.45, 7) is 0.154. The van der Waals surface area contributed by atoms with Crippen LogP contribution < -0.4 is 16.6 Å². The molecule has 0 radical (unpaired) electrons. The summed E-state index contributed by atoms with van der Waals surface area (Å²) in [5.41, 5.74) is 5.92. The molecular weight excluding hydrogens is 497 g/mol. The molecule has 0 amide bonds. The van der Waals surface area contributed by atoms with Crippen molar-refractivity contribution in [3.8, 4) is 17.5 Å². The van der Waals surface area contributed by atoms with E-state index in [1.54, 1.807) is 0 Å². The molecule has 0 aliphatic heterocycles. The maximum Gasteiger partial charge on any atom is 0.268 e. The Morgan fingerprint density at radius 3 is 2.58 bits per heavy atom. The minimum atomic E-state index is -0.896. The maximum atomic E-state index is 14.5. The Hall–Kier alpha value is -5.31. The standard InChI is InChI=1S/C26H17F3N8O/c27-15-10-16(28)12-18(11-15)37-22(36-21-3-1-2-20(29)23(21)26(37)38)6-7-33-25-19(24(30)34-14-35-25)5-4-17-13-31-8-9-32-17/h1-3,8-14H,6-7H2,(H3,30,33,34,35). The first-order chi connectivity index (χ1) is 18.4. The number of aromatic nitrogens is 6. The molecule has 12 heteroatoms.